The molecular formula is C43H29N3. The molecule has 0 radical (unpaired) electrons. The van der Waals surface area contributed by atoms with Crippen molar-refractivity contribution in [2.24, 2.45) is 0 Å². The Balaban J connectivity index is 1.36. The minimum absolute atomic E-state index is 0.190. The van der Waals surface area contributed by atoms with Crippen molar-refractivity contribution in [2.45, 2.75) is 19.3 Å². The van der Waals surface area contributed by atoms with Crippen molar-refractivity contribution in [1.29, 1.82) is 0 Å². The van der Waals surface area contributed by atoms with Crippen molar-refractivity contribution in [1.82, 2.24) is 14.5 Å². The fourth-order valence-corrected chi connectivity index (χ4v) is 8.10. The summed E-state index contributed by atoms with van der Waals surface area (Å²) in [6.07, 6.45) is 2.04. The van der Waals surface area contributed by atoms with Gasteiger partial charge in [0.25, 0.3) is 0 Å². The van der Waals surface area contributed by atoms with E-state index in [1.54, 1.807) is 0 Å². The molecule has 0 atom stereocenters. The molecule has 46 heavy (non-hydrogen) atoms. The van der Waals surface area contributed by atoms with Crippen LogP contribution in [-0.2, 0) is 5.41 Å². The van der Waals surface area contributed by atoms with Crippen LogP contribution in [0.2, 0.25) is 0 Å². The van der Waals surface area contributed by atoms with Crippen LogP contribution in [0.1, 0.15) is 25.0 Å². The Morgan fingerprint density at radius 1 is 0.543 bits per heavy atom. The summed E-state index contributed by atoms with van der Waals surface area (Å²) in [6, 6.07) is 48.2. The molecule has 0 N–H and O–H groups in total. The number of nitrogens with zero attached hydrogens (tertiary/aromatic N) is 3. The maximum Gasteiger partial charge on any atom is 0.160 e. The zero-order valence-corrected chi connectivity index (χ0v) is 25.6. The lowest BCUT2D eigenvalue weighted by Gasteiger charge is -2.22. The Morgan fingerprint density at radius 2 is 1.24 bits per heavy atom. The van der Waals surface area contributed by atoms with Gasteiger partial charge < -0.3 is 4.57 Å². The second kappa shape index (κ2) is 9.12. The van der Waals surface area contributed by atoms with E-state index in [-0.39, 0.29) is 5.41 Å². The van der Waals surface area contributed by atoms with Crippen LogP contribution >= 0.6 is 0 Å². The van der Waals surface area contributed by atoms with Gasteiger partial charge in [-0.15, -0.1) is 0 Å². The average Bonchev–Trinajstić information content (AvgIpc) is 3.54. The third-order valence-corrected chi connectivity index (χ3v) is 10.2. The van der Waals surface area contributed by atoms with E-state index in [1.165, 1.54) is 54.6 Å². The summed E-state index contributed by atoms with van der Waals surface area (Å²) >= 11 is 0. The van der Waals surface area contributed by atoms with Gasteiger partial charge in [0.1, 0.15) is 5.52 Å². The van der Waals surface area contributed by atoms with E-state index >= 15 is 0 Å². The van der Waals surface area contributed by atoms with Gasteiger partial charge in [0, 0.05) is 21.8 Å². The van der Waals surface area contributed by atoms with Crippen LogP contribution in [0.4, 0.5) is 0 Å². The number of hydrogen-bond donors (Lipinski definition) is 0. The van der Waals surface area contributed by atoms with Gasteiger partial charge in [0.05, 0.1) is 22.9 Å². The molecule has 0 unspecified atom stereocenters. The zero-order chi connectivity index (χ0) is 30.6. The molecule has 9 aromatic rings. The first-order valence-corrected chi connectivity index (χ1v) is 15.9. The van der Waals surface area contributed by atoms with E-state index < -0.39 is 0 Å². The quantitative estimate of drug-likeness (QED) is 0.188. The molecule has 0 amide bonds. The summed E-state index contributed by atoms with van der Waals surface area (Å²) in [4.78, 5) is 10.5. The molecule has 3 heteroatoms. The molecular weight excluding hydrogens is 558 g/mol. The second-order valence-electron chi connectivity index (χ2n) is 13.0. The lowest BCUT2D eigenvalue weighted by Crippen LogP contribution is -2.15. The summed E-state index contributed by atoms with van der Waals surface area (Å²) in [5.41, 5.74) is 10.5. The monoisotopic (exact) mass is 587 g/mol. The molecule has 7 aromatic carbocycles. The topological polar surface area (TPSA) is 30.7 Å². The predicted octanol–water partition coefficient (Wildman–Crippen LogP) is 11.0. The number of hydrogen-bond acceptors (Lipinski definition) is 2. The van der Waals surface area contributed by atoms with E-state index in [2.05, 4.69) is 152 Å². The highest BCUT2D eigenvalue weighted by Gasteiger charge is 2.38. The Bertz CT molecular complexity index is 2720. The van der Waals surface area contributed by atoms with Crippen LogP contribution in [0.15, 0.2) is 140 Å². The molecule has 3 nitrogen and oxygen atoms in total. The van der Waals surface area contributed by atoms with Gasteiger partial charge in [-0.2, -0.15) is 0 Å². The van der Waals surface area contributed by atoms with Crippen LogP contribution in [0.25, 0.3) is 82.5 Å². The van der Waals surface area contributed by atoms with Gasteiger partial charge in [-0.1, -0.05) is 123 Å². The average molecular weight is 588 g/mol. The van der Waals surface area contributed by atoms with Gasteiger partial charge in [-0.05, 0) is 73.5 Å². The molecule has 2 aromatic heterocycles. The Morgan fingerprint density at radius 3 is 2.13 bits per heavy atom. The van der Waals surface area contributed by atoms with Crippen molar-refractivity contribution < 1.29 is 0 Å². The van der Waals surface area contributed by atoms with Gasteiger partial charge in [0.2, 0.25) is 0 Å². The lowest BCUT2D eigenvalue weighted by molar-refractivity contribution is 0.666. The predicted molar refractivity (Wildman–Crippen MR) is 192 cm³/mol. The molecule has 0 aliphatic heterocycles. The summed E-state index contributed by atoms with van der Waals surface area (Å²) in [5, 5.41) is 8.45. The van der Waals surface area contributed by atoms with Crippen molar-refractivity contribution in [3.8, 4) is 28.2 Å². The molecule has 0 fully saturated rings. The summed E-state index contributed by atoms with van der Waals surface area (Å²) < 4.78 is 2.40. The fourth-order valence-electron chi connectivity index (χ4n) is 8.10. The van der Waals surface area contributed by atoms with Crippen molar-refractivity contribution in [3.63, 3.8) is 0 Å². The number of fused-ring (bicyclic) bond motifs is 10. The highest BCUT2D eigenvalue weighted by atomic mass is 15.0. The highest BCUT2D eigenvalue weighted by Crippen LogP contribution is 2.53. The molecule has 10 rings (SSSR count). The van der Waals surface area contributed by atoms with Crippen molar-refractivity contribution >= 4 is 54.3 Å². The van der Waals surface area contributed by atoms with Crippen LogP contribution in [0, 0.1) is 0 Å². The molecule has 0 spiro atoms. The van der Waals surface area contributed by atoms with Crippen LogP contribution in [0.3, 0.4) is 0 Å². The molecule has 0 saturated heterocycles. The first-order valence-electron chi connectivity index (χ1n) is 15.9. The Kier molecular flexibility index (Phi) is 5.06. The minimum Gasteiger partial charge on any atom is -0.306 e. The van der Waals surface area contributed by atoms with E-state index in [4.69, 9.17) is 9.97 Å². The van der Waals surface area contributed by atoms with Crippen molar-refractivity contribution in [3.05, 3.63) is 151 Å². The lowest BCUT2D eigenvalue weighted by atomic mass is 9.81. The summed E-state index contributed by atoms with van der Waals surface area (Å²) in [6.45, 7) is 4.72. The third-order valence-electron chi connectivity index (χ3n) is 10.2. The minimum atomic E-state index is -0.190. The number of rotatable bonds is 2. The largest absolute Gasteiger partial charge is 0.306 e. The van der Waals surface area contributed by atoms with E-state index in [9.17, 15) is 0 Å². The first kappa shape index (κ1) is 25.5. The van der Waals surface area contributed by atoms with Crippen LogP contribution < -0.4 is 0 Å². The summed E-state index contributed by atoms with van der Waals surface area (Å²) in [7, 11) is 0. The highest BCUT2D eigenvalue weighted by molar-refractivity contribution is 6.14. The maximum absolute atomic E-state index is 5.47. The Hall–Kier alpha value is -5.80. The van der Waals surface area contributed by atoms with Gasteiger partial charge in [-0.25, -0.2) is 9.97 Å². The van der Waals surface area contributed by atoms with Gasteiger partial charge in [0.15, 0.2) is 5.82 Å². The van der Waals surface area contributed by atoms with Crippen molar-refractivity contribution in [2.75, 3.05) is 0 Å². The van der Waals surface area contributed by atoms with Crippen LogP contribution in [0.5, 0.6) is 0 Å². The normalized spacial score (nSPS) is 13.6. The van der Waals surface area contributed by atoms with Crippen LogP contribution in [-0.4, -0.2) is 14.5 Å². The Labute approximate surface area is 266 Å². The van der Waals surface area contributed by atoms with E-state index in [0.717, 1.165) is 39.0 Å². The van der Waals surface area contributed by atoms with E-state index in [0.29, 0.717) is 0 Å². The third kappa shape index (κ3) is 3.37. The zero-order valence-electron chi connectivity index (χ0n) is 25.6. The molecule has 2 heterocycles. The molecule has 0 bridgehead atoms. The molecule has 1 aliphatic rings. The van der Waals surface area contributed by atoms with Gasteiger partial charge >= 0.3 is 0 Å². The number of benzene rings is 7. The SMILES string of the molecule is CC1(C)c2ccccc2-c2ccc3c(c21)c1nc(-c2cccc4ccccc24)ncc1n3-c1cccc2cc3ccccc3cc12. The fraction of sp³-hybridized carbons (Fsp3) is 0.0698. The van der Waals surface area contributed by atoms with E-state index in [1.807, 2.05) is 6.20 Å². The smallest absolute Gasteiger partial charge is 0.160 e. The molecule has 0 saturated carbocycles. The molecule has 216 valence electrons. The molecule has 1 aliphatic carbocycles. The second-order valence-corrected chi connectivity index (χ2v) is 13.0. The standard InChI is InChI=1S/C43H29N3/c1-43(2)35-19-8-7-17-31(35)32-21-22-37-39(40(32)43)41-38(25-44-42(45-41)33-18-9-14-26-11-5-6-16-30(26)33)46(37)36-20-10-15-29-23-27-12-3-4-13-28(27)24-34(29)36/h3-25H,1-2H3. The number of aromatic nitrogens is 3. The van der Waals surface area contributed by atoms with Gasteiger partial charge in [-0.3, -0.25) is 0 Å². The first-order chi connectivity index (χ1) is 22.6. The maximum atomic E-state index is 5.47. The summed E-state index contributed by atoms with van der Waals surface area (Å²) in [5.74, 6) is 0.748.